The Bertz CT molecular complexity index is 1500. The van der Waals surface area contributed by atoms with Gasteiger partial charge in [-0.2, -0.15) is 0 Å². The van der Waals surface area contributed by atoms with Gasteiger partial charge in [-0.05, 0) is 79.1 Å². The van der Waals surface area contributed by atoms with E-state index in [1.165, 1.54) is 12.8 Å². The number of nitrogens with zero attached hydrogens (tertiary/aromatic N) is 1. The van der Waals surface area contributed by atoms with Gasteiger partial charge < -0.3 is 15.2 Å². The van der Waals surface area contributed by atoms with Crippen LogP contribution in [0.15, 0.2) is 54.6 Å². The molecule has 3 aromatic carbocycles. The van der Waals surface area contributed by atoms with Crippen molar-refractivity contribution in [3.05, 3.63) is 71.3 Å². The van der Waals surface area contributed by atoms with E-state index in [1.807, 2.05) is 48.5 Å². The van der Waals surface area contributed by atoms with Crippen LogP contribution < -0.4 is 10.1 Å². The van der Waals surface area contributed by atoms with Crippen LogP contribution in [0.3, 0.4) is 0 Å². The van der Waals surface area contributed by atoms with Crippen molar-refractivity contribution in [1.82, 2.24) is 10.2 Å². The van der Waals surface area contributed by atoms with Crippen molar-refractivity contribution >= 4 is 34.9 Å². The number of halogens is 1. The quantitative estimate of drug-likeness (QED) is 0.518. The third kappa shape index (κ3) is 3.04. The second-order valence-corrected chi connectivity index (χ2v) is 11.8. The first kappa shape index (κ1) is 24.0. The zero-order valence-corrected chi connectivity index (χ0v) is 21.9. The summed E-state index contributed by atoms with van der Waals surface area (Å²) in [4.78, 5) is 30.1. The van der Waals surface area contributed by atoms with Crippen molar-refractivity contribution in [3.63, 3.8) is 0 Å². The van der Waals surface area contributed by atoms with Gasteiger partial charge in [-0.1, -0.05) is 36.4 Å². The molecule has 196 valence electrons. The fourth-order valence-electron chi connectivity index (χ4n) is 8.17. The van der Waals surface area contributed by atoms with Crippen LogP contribution >= 0.6 is 12.4 Å². The van der Waals surface area contributed by atoms with Gasteiger partial charge >= 0.3 is 0 Å². The van der Waals surface area contributed by atoms with E-state index < -0.39 is 17.1 Å². The topological polar surface area (TPSA) is 78.9 Å². The second-order valence-electron chi connectivity index (χ2n) is 11.8. The van der Waals surface area contributed by atoms with Gasteiger partial charge in [-0.25, -0.2) is 0 Å². The lowest BCUT2D eigenvalue weighted by molar-refractivity contribution is -0.143. The number of carbonyl (C=O) groups excluding carboxylic acids is 2. The van der Waals surface area contributed by atoms with Crippen LogP contribution in [0.2, 0.25) is 0 Å². The molecule has 38 heavy (non-hydrogen) atoms. The number of ketones is 1. The van der Waals surface area contributed by atoms with Gasteiger partial charge in [0.25, 0.3) is 5.91 Å². The highest BCUT2D eigenvalue weighted by atomic mass is 35.5. The number of piperidine rings is 1. The number of amides is 1. The molecule has 2 N–H and O–H groups in total. The van der Waals surface area contributed by atoms with E-state index in [-0.39, 0.29) is 35.9 Å². The molecule has 2 bridgehead atoms. The number of ether oxygens (including phenoxy) is 1. The Balaban J connectivity index is 0.00000242. The summed E-state index contributed by atoms with van der Waals surface area (Å²) in [6.07, 6.45) is 4.32. The molecule has 1 spiro atoms. The van der Waals surface area contributed by atoms with E-state index in [0.29, 0.717) is 24.2 Å². The number of phenolic OH excluding ortho intramolecular Hbond substituents is 1. The Labute approximate surface area is 227 Å². The van der Waals surface area contributed by atoms with E-state index in [4.69, 9.17) is 4.74 Å². The lowest BCUT2D eigenvalue weighted by Crippen LogP contribution is -2.81. The molecule has 0 radical (unpaired) electrons. The highest BCUT2D eigenvalue weighted by molar-refractivity contribution is 6.00. The van der Waals surface area contributed by atoms with Crippen LogP contribution in [0.5, 0.6) is 11.5 Å². The summed E-state index contributed by atoms with van der Waals surface area (Å²) in [6.45, 7) is 1.91. The number of Topliss-reactive ketones (excluding diaryl/α,β-unsaturated/α-hetero) is 1. The first-order valence-corrected chi connectivity index (χ1v) is 13.6. The normalized spacial score (nSPS) is 30.8. The summed E-state index contributed by atoms with van der Waals surface area (Å²) in [7, 11) is 0. The van der Waals surface area contributed by atoms with Crippen molar-refractivity contribution in [2.24, 2.45) is 5.92 Å². The van der Waals surface area contributed by atoms with E-state index in [9.17, 15) is 14.7 Å². The van der Waals surface area contributed by atoms with Gasteiger partial charge in [0.15, 0.2) is 23.4 Å². The van der Waals surface area contributed by atoms with Crippen molar-refractivity contribution in [2.45, 2.75) is 61.6 Å². The zero-order chi connectivity index (χ0) is 24.9. The lowest BCUT2D eigenvalue weighted by atomic mass is 9.47. The molecule has 3 aromatic rings. The lowest BCUT2D eigenvalue weighted by Gasteiger charge is -2.65. The van der Waals surface area contributed by atoms with Crippen LogP contribution in [-0.4, -0.2) is 52.5 Å². The van der Waals surface area contributed by atoms with Gasteiger partial charge in [0.1, 0.15) is 0 Å². The minimum atomic E-state index is -0.675. The third-order valence-electron chi connectivity index (χ3n) is 9.96. The average Bonchev–Trinajstić information content (AvgIpc) is 3.65. The molecule has 8 rings (SSSR count). The molecule has 4 atom stereocenters. The molecule has 0 unspecified atom stereocenters. The van der Waals surface area contributed by atoms with Crippen molar-refractivity contribution < 1.29 is 19.4 Å². The maximum atomic E-state index is 14.1. The molecule has 1 saturated heterocycles. The molecule has 0 aromatic heterocycles. The van der Waals surface area contributed by atoms with Gasteiger partial charge in [0.05, 0.1) is 11.0 Å². The summed E-state index contributed by atoms with van der Waals surface area (Å²) in [6, 6.07) is 17.7. The van der Waals surface area contributed by atoms with Gasteiger partial charge in [0.2, 0.25) is 0 Å². The Morgan fingerprint density at radius 2 is 1.89 bits per heavy atom. The zero-order valence-electron chi connectivity index (χ0n) is 21.1. The largest absolute Gasteiger partial charge is 0.504 e. The second kappa shape index (κ2) is 8.20. The predicted molar refractivity (Wildman–Crippen MR) is 146 cm³/mol. The summed E-state index contributed by atoms with van der Waals surface area (Å²) < 4.78 is 6.35. The summed E-state index contributed by atoms with van der Waals surface area (Å²) >= 11 is 0. The van der Waals surface area contributed by atoms with E-state index in [0.717, 1.165) is 53.7 Å². The average molecular weight is 531 g/mol. The molecule has 5 aliphatic rings. The number of fused-ring (bicyclic) bond motifs is 1. The molecular formula is C31H31ClN2O4. The number of phenols is 1. The SMILES string of the molecule is Cl.O=C(N[C@@]12CCC(=O)[C@@H]3Oc4c(O)ccc5c4[C@@]31CCN(CC1CC1)[C@@H]2C5)c1ccc2ccccc2c1. The summed E-state index contributed by atoms with van der Waals surface area (Å²) in [5.74, 6) is 1.24. The Hall–Kier alpha value is -3.09. The molecule has 7 heteroatoms. The van der Waals surface area contributed by atoms with Gasteiger partial charge in [0, 0.05) is 30.1 Å². The van der Waals surface area contributed by atoms with Crippen LogP contribution in [0.4, 0.5) is 0 Å². The van der Waals surface area contributed by atoms with Gasteiger partial charge in [-0.3, -0.25) is 14.5 Å². The van der Waals surface area contributed by atoms with E-state index in [2.05, 4.69) is 10.2 Å². The number of carbonyl (C=O) groups is 2. The number of benzene rings is 3. The van der Waals surface area contributed by atoms with E-state index >= 15 is 0 Å². The van der Waals surface area contributed by atoms with Crippen LogP contribution in [-0.2, 0) is 16.6 Å². The minimum Gasteiger partial charge on any atom is -0.504 e. The molecule has 6 nitrogen and oxygen atoms in total. The monoisotopic (exact) mass is 530 g/mol. The maximum Gasteiger partial charge on any atom is 0.251 e. The Kier molecular flexibility index (Phi) is 5.18. The number of aromatic hydroxyl groups is 1. The van der Waals surface area contributed by atoms with Crippen LogP contribution in [0, 0.1) is 5.92 Å². The number of hydrogen-bond donors (Lipinski definition) is 2. The number of nitrogens with one attached hydrogen (secondary N) is 1. The first-order chi connectivity index (χ1) is 18.0. The molecule has 3 aliphatic carbocycles. The maximum absolute atomic E-state index is 14.1. The standard InChI is InChI=1S/C31H30N2O4.ClH/c34-23-10-9-21-16-25-31(32-29(36)22-8-7-19-3-1-2-4-20(19)15-22)12-11-24(35)28-30(31,26(21)27(23)37-28)13-14-33(25)17-18-5-6-18;/h1-4,7-10,15,18,25,28,34H,5-6,11-14,16-17H2,(H,32,36);1H/t25-,28+,30+,31-;/m1./s1. The van der Waals surface area contributed by atoms with Crippen LogP contribution in [0.25, 0.3) is 10.8 Å². The molecule has 3 fully saturated rings. The molecular weight excluding hydrogens is 500 g/mol. The van der Waals surface area contributed by atoms with Crippen molar-refractivity contribution in [2.75, 3.05) is 13.1 Å². The fraction of sp³-hybridized carbons (Fsp3) is 0.419. The Morgan fingerprint density at radius 1 is 1.08 bits per heavy atom. The van der Waals surface area contributed by atoms with Crippen molar-refractivity contribution in [1.29, 1.82) is 0 Å². The fourth-order valence-corrected chi connectivity index (χ4v) is 8.17. The number of hydrogen-bond acceptors (Lipinski definition) is 5. The van der Waals surface area contributed by atoms with Crippen LogP contribution in [0.1, 0.15) is 53.6 Å². The van der Waals surface area contributed by atoms with E-state index in [1.54, 1.807) is 6.07 Å². The molecule has 2 heterocycles. The minimum absolute atomic E-state index is 0. The first-order valence-electron chi connectivity index (χ1n) is 13.6. The molecule has 1 amide bonds. The Morgan fingerprint density at radius 3 is 2.71 bits per heavy atom. The predicted octanol–water partition coefficient (Wildman–Crippen LogP) is 4.54. The smallest absolute Gasteiger partial charge is 0.251 e. The highest BCUT2D eigenvalue weighted by Gasteiger charge is 2.74. The third-order valence-corrected chi connectivity index (χ3v) is 9.96. The van der Waals surface area contributed by atoms with Gasteiger partial charge in [-0.15, -0.1) is 12.4 Å². The highest BCUT2D eigenvalue weighted by Crippen LogP contribution is 2.65. The van der Waals surface area contributed by atoms with Crippen molar-refractivity contribution in [3.8, 4) is 11.5 Å². The summed E-state index contributed by atoms with van der Waals surface area (Å²) in [5.41, 5.74) is 1.43. The summed E-state index contributed by atoms with van der Waals surface area (Å²) in [5, 5.41) is 16.5. The number of likely N-dealkylation sites (tertiary alicyclic amines) is 1. The number of rotatable bonds is 4. The molecule has 2 saturated carbocycles. The molecule has 2 aliphatic heterocycles.